The van der Waals surface area contributed by atoms with Gasteiger partial charge in [0.1, 0.15) is 0 Å². The fourth-order valence-corrected chi connectivity index (χ4v) is 2.92. The van der Waals surface area contributed by atoms with Gasteiger partial charge in [0.15, 0.2) is 0 Å². The topological polar surface area (TPSA) is 24.9 Å². The second kappa shape index (κ2) is 4.46. The Kier molecular flexibility index (Phi) is 2.81. The van der Waals surface area contributed by atoms with E-state index >= 15 is 0 Å². The Balaban J connectivity index is 2.00. The number of pyridine rings is 1. The molecule has 0 radical (unpaired) electrons. The number of hydrogen-bond acceptors (Lipinski definition) is 2. The van der Waals surface area contributed by atoms with E-state index in [-0.39, 0.29) is 0 Å². The maximum atomic E-state index is 4.39. The minimum atomic E-state index is 0.695. The third-order valence-electron chi connectivity index (χ3n) is 3.98. The van der Waals surface area contributed by atoms with Crippen LogP contribution in [0.25, 0.3) is 10.8 Å². The van der Waals surface area contributed by atoms with Gasteiger partial charge in [-0.2, -0.15) is 0 Å². The largest absolute Gasteiger partial charge is 0.319 e. The summed E-state index contributed by atoms with van der Waals surface area (Å²) in [7, 11) is 2.04. The van der Waals surface area contributed by atoms with Gasteiger partial charge in [0.25, 0.3) is 0 Å². The summed E-state index contributed by atoms with van der Waals surface area (Å²) in [6, 6.07) is 8.58. The van der Waals surface area contributed by atoms with E-state index in [1.807, 2.05) is 13.2 Å². The van der Waals surface area contributed by atoms with E-state index in [4.69, 9.17) is 0 Å². The molecule has 88 valence electrons. The highest BCUT2D eigenvalue weighted by atomic mass is 14.8. The van der Waals surface area contributed by atoms with E-state index in [1.54, 1.807) is 0 Å². The van der Waals surface area contributed by atoms with Gasteiger partial charge in [-0.3, -0.25) is 4.98 Å². The molecule has 2 unspecified atom stereocenters. The molecule has 2 heteroatoms. The SMILES string of the molecule is CNCC1CCC1c1cncc2ccccc12. The van der Waals surface area contributed by atoms with Gasteiger partial charge in [0.2, 0.25) is 0 Å². The van der Waals surface area contributed by atoms with Gasteiger partial charge in [0, 0.05) is 17.8 Å². The number of rotatable bonds is 3. The molecule has 1 saturated carbocycles. The van der Waals surface area contributed by atoms with Crippen LogP contribution in [0.2, 0.25) is 0 Å². The van der Waals surface area contributed by atoms with Crippen molar-refractivity contribution in [3.63, 3.8) is 0 Å². The summed E-state index contributed by atoms with van der Waals surface area (Å²) in [6.07, 6.45) is 6.68. The Morgan fingerprint density at radius 1 is 1.24 bits per heavy atom. The minimum absolute atomic E-state index is 0.695. The van der Waals surface area contributed by atoms with Gasteiger partial charge in [-0.05, 0) is 49.2 Å². The van der Waals surface area contributed by atoms with Crippen LogP contribution in [0.3, 0.4) is 0 Å². The summed E-state index contributed by atoms with van der Waals surface area (Å²) in [4.78, 5) is 4.39. The molecule has 0 spiro atoms. The molecule has 2 aromatic rings. The van der Waals surface area contributed by atoms with E-state index in [1.165, 1.54) is 29.2 Å². The number of nitrogens with one attached hydrogen (secondary N) is 1. The third-order valence-corrected chi connectivity index (χ3v) is 3.98. The second-order valence-electron chi connectivity index (χ2n) is 4.95. The summed E-state index contributed by atoms with van der Waals surface area (Å²) in [6.45, 7) is 1.12. The van der Waals surface area contributed by atoms with Crippen LogP contribution in [-0.4, -0.2) is 18.6 Å². The molecular formula is C15H18N2. The Morgan fingerprint density at radius 2 is 2.12 bits per heavy atom. The van der Waals surface area contributed by atoms with Gasteiger partial charge >= 0.3 is 0 Å². The molecule has 0 saturated heterocycles. The summed E-state index contributed by atoms with van der Waals surface area (Å²) >= 11 is 0. The summed E-state index contributed by atoms with van der Waals surface area (Å²) in [5, 5.41) is 5.94. The predicted octanol–water partition coefficient (Wildman–Crippen LogP) is 2.95. The molecular weight excluding hydrogens is 208 g/mol. The zero-order valence-electron chi connectivity index (χ0n) is 10.2. The third kappa shape index (κ3) is 1.83. The fourth-order valence-electron chi connectivity index (χ4n) is 2.92. The van der Waals surface area contributed by atoms with E-state index in [0.29, 0.717) is 5.92 Å². The summed E-state index contributed by atoms with van der Waals surface area (Å²) in [5.74, 6) is 1.48. The van der Waals surface area contributed by atoms with Crippen molar-refractivity contribution >= 4 is 10.8 Å². The average Bonchev–Trinajstić information content (AvgIpc) is 2.35. The molecule has 17 heavy (non-hydrogen) atoms. The first-order valence-electron chi connectivity index (χ1n) is 6.37. The first-order valence-corrected chi connectivity index (χ1v) is 6.37. The van der Waals surface area contributed by atoms with Gasteiger partial charge in [-0.15, -0.1) is 0 Å². The van der Waals surface area contributed by atoms with E-state index in [9.17, 15) is 0 Å². The van der Waals surface area contributed by atoms with Crippen molar-refractivity contribution in [2.24, 2.45) is 5.92 Å². The maximum absolute atomic E-state index is 4.39. The van der Waals surface area contributed by atoms with Crippen molar-refractivity contribution < 1.29 is 0 Å². The van der Waals surface area contributed by atoms with Crippen LogP contribution in [0.1, 0.15) is 24.3 Å². The van der Waals surface area contributed by atoms with Crippen molar-refractivity contribution in [3.8, 4) is 0 Å². The lowest BCUT2D eigenvalue weighted by molar-refractivity contribution is 0.252. The van der Waals surface area contributed by atoms with Crippen LogP contribution in [0.5, 0.6) is 0 Å². The highest BCUT2D eigenvalue weighted by molar-refractivity contribution is 5.85. The zero-order valence-corrected chi connectivity index (χ0v) is 10.2. The molecule has 2 nitrogen and oxygen atoms in total. The highest BCUT2D eigenvalue weighted by Crippen LogP contribution is 2.43. The van der Waals surface area contributed by atoms with E-state index < -0.39 is 0 Å². The van der Waals surface area contributed by atoms with Crippen molar-refractivity contribution in [2.45, 2.75) is 18.8 Å². The van der Waals surface area contributed by atoms with Crippen LogP contribution in [0.15, 0.2) is 36.7 Å². The predicted molar refractivity (Wildman–Crippen MR) is 71.1 cm³/mol. The molecule has 1 heterocycles. The average molecular weight is 226 g/mol. The molecule has 1 N–H and O–H groups in total. The molecule has 1 aromatic heterocycles. The Hall–Kier alpha value is -1.41. The first-order chi connectivity index (χ1) is 8.40. The number of aromatic nitrogens is 1. The van der Waals surface area contributed by atoms with Gasteiger partial charge < -0.3 is 5.32 Å². The van der Waals surface area contributed by atoms with Crippen molar-refractivity contribution in [3.05, 3.63) is 42.2 Å². The lowest BCUT2D eigenvalue weighted by Crippen LogP contribution is -2.32. The lowest BCUT2D eigenvalue weighted by atomic mass is 9.69. The number of hydrogen-bond donors (Lipinski definition) is 1. The highest BCUT2D eigenvalue weighted by Gasteiger charge is 2.32. The lowest BCUT2D eigenvalue weighted by Gasteiger charge is -2.37. The first kappa shape index (κ1) is 10.7. The molecule has 0 bridgehead atoms. The van der Waals surface area contributed by atoms with Crippen molar-refractivity contribution in [1.82, 2.24) is 10.3 Å². The number of benzene rings is 1. The van der Waals surface area contributed by atoms with Gasteiger partial charge in [-0.25, -0.2) is 0 Å². The molecule has 0 amide bonds. The van der Waals surface area contributed by atoms with Crippen LogP contribution in [0.4, 0.5) is 0 Å². The van der Waals surface area contributed by atoms with Crippen LogP contribution < -0.4 is 5.32 Å². The zero-order chi connectivity index (χ0) is 11.7. The Bertz CT molecular complexity index is 516. The minimum Gasteiger partial charge on any atom is -0.319 e. The molecule has 1 aliphatic rings. The normalized spacial score (nSPS) is 23.6. The molecule has 2 atom stereocenters. The van der Waals surface area contributed by atoms with Crippen LogP contribution in [0, 0.1) is 5.92 Å². The Labute approximate surface area is 102 Å². The molecule has 1 aromatic carbocycles. The maximum Gasteiger partial charge on any atom is 0.0346 e. The van der Waals surface area contributed by atoms with Crippen LogP contribution >= 0.6 is 0 Å². The standard InChI is InChI=1S/C15H18N2/c1-16-8-12-6-7-14(12)15-10-17-9-11-4-2-3-5-13(11)15/h2-5,9-10,12,14,16H,6-8H2,1H3. The van der Waals surface area contributed by atoms with E-state index in [2.05, 4.69) is 40.8 Å². The second-order valence-corrected chi connectivity index (χ2v) is 4.95. The fraction of sp³-hybridized carbons (Fsp3) is 0.400. The molecule has 1 fully saturated rings. The van der Waals surface area contributed by atoms with Crippen LogP contribution in [-0.2, 0) is 0 Å². The smallest absolute Gasteiger partial charge is 0.0346 e. The summed E-state index contributed by atoms with van der Waals surface area (Å²) < 4.78 is 0. The monoisotopic (exact) mass is 226 g/mol. The summed E-state index contributed by atoms with van der Waals surface area (Å²) in [5.41, 5.74) is 1.44. The van der Waals surface area contributed by atoms with Gasteiger partial charge in [0.05, 0.1) is 0 Å². The molecule has 1 aliphatic carbocycles. The van der Waals surface area contributed by atoms with Crippen molar-refractivity contribution in [2.75, 3.05) is 13.6 Å². The van der Waals surface area contributed by atoms with E-state index in [0.717, 1.165) is 12.5 Å². The molecule has 0 aliphatic heterocycles. The number of fused-ring (bicyclic) bond motifs is 1. The van der Waals surface area contributed by atoms with Gasteiger partial charge in [-0.1, -0.05) is 24.3 Å². The molecule has 3 rings (SSSR count). The number of nitrogens with zero attached hydrogens (tertiary/aromatic N) is 1. The Morgan fingerprint density at radius 3 is 2.88 bits per heavy atom. The quantitative estimate of drug-likeness (QED) is 0.870. The van der Waals surface area contributed by atoms with Crippen molar-refractivity contribution in [1.29, 1.82) is 0 Å².